The second-order valence-electron chi connectivity index (χ2n) is 6.48. The topological polar surface area (TPSA) is 82.5 Å². The Hall–Kier alpha value is -3.61. The summed E-state index contributed by atoms with van der Waals surface area (Å²) in [5, 5.41) is 2.73. The largest absolute Gasteiger partial charge is 0.497 e. The Morgan fingerprint density at radius 2 is 1.76 bits per heavy atom. The second kappa shape index (κ2) is 9.54. The van der Waals surface area contributed by atoms with E-state index in [0.717, 1.165) is 22.6 Å². The molecule has 0 spiro atoms. The van der Waals surface area contributed by atoms with Crippen molar-refractivity contribution in [1.29, 1.82) is 0 Å². The van der Waals surface area contributed by atoms with Crippen LogP contribution >= 0.6 is 0 Å². The lowest BCUT2D eigenvalue weighted by Gasteiger charge is -2.09. The van der Waals surface area contributed by atoms with Gasteiger partial charge in [-0.1, -0.05) is 17.7 Å². The summed E-state index contributed by atoms with van der Waals surface area (Å²) in [7, 11) is 1.59. The summed E-state index contributed by atoms with van der Waals surface area (Å²) in [4.78, 5) is 28.7. The average Bonchev–Trinajstić information content (AvgIpc) is 2.74. The number of nitrogens with zero attached hydrogens (tertiary/aromatic N) is 2. The van der Waals surface area contributed by atoms with Gasteiger partial charge in [-0.2, -0.15) is 0 Å². The quantitative estimate of drug-likeness (QED) is 0.595. The van der Waals surface area contributed by atoms with Crippen molar-refractivity contribution in [3.05, 3.63) is 76.8 Å². The summed E-state index contributed by atoms with van der Waals surface area (Å²) in [5.74, 6) is 1.20. The summed E-state index contributed by atoms with van der Waals surface area (Å²) in [6, 6.07) is 16.3. The Morgan fingerprint density at radius 3 is 2.41 bits per heavy atom. The van der Waals surface area contributed by atoms with Crippen molar-refractivity contribution in [2.75, 3.05) is 20.3 Å². The van der Waals surface area contributed by atoms with Crippen LogP contribution in [0.25, 0.3) is 11.3 Å². The van der Waals surface area contributed by atoms with Crippen molar-refractivity contribution in [3.63, 3.8) is 0 Å². The number of aromatic nitrogens is 2. The first-order valence-electron chi connectivity index (χ1n) is 9.22. The maximum absolute atomic E-state index is 12.3. The molecule has 2 aromatic carbocycles. The minimum atomic E-state index is -0.295. The maximum atomic E-state index is 12.3. The summed E-state index contributed by atoms with van der Waals surface area (Å²) < 4.78 is 12.0. The molecule has 0 atom stereocenters. The maximum Gasteiger partial charge on any atom is 0.254 e. The van der Waals surface area contributed by atoms with E-state index in [4.69, 9.17) is 9.47 Å². The van der Waals surface area contributed by atoms with Gasteiger partial charge in [-0.3, -0.25) is 14.2 Å². The van der Waals surface area contributed by atoms with Crippen LogP contribution in [0.15, 0.2) is 65.7 Å². The zero-order valence-corrected chi connectivity index (χ0v) is 16.4. The van der Waals surface area contributed by atoms with Gasteiger partial charge >= 0.3 is 0 Å². The number of benzene rings is 2. The smallest absolute Gasteiger partial charge is 0.254 e. The van der Waals surface area contributed by atoms with Gasteiger partial charge in [-0.15, -0.1) is 0 Å². The van der Waals surface area contributed by atoms with Gasteiger partial charge in [0.2, 0.25) is 5.91 Å². The van der Waals surface area contributed by atoms with E-state index < -0.39 is 0 Å². The number of hydrogen-bond acceptors (Lipinski definition) is 5. The zero-order chi connectivity index (χ0) is 20.6. The molecule has 0 radical (unpaired) electrons. The molecule has 3 rings (SSSR count). The molecular formula is C22H23N3O4. The molecule has 150 valence electrons. The minimum absolute atomic E-state index is 0.0980. The standard InChI is InChI=1S/C22H23N3O4/c1-16-3-7-19(8-4-16)29-12-11-23-21(26)14-25-15-24-20(13-22(25)27)17-5-9-18(28-2)10-6-17/h3-10,13,15H,11-12,14H2,1-2H3,(H,23,26). The van der Waals surface area contributed by atoms with E-state index in [0.29, 0.717) is 18.8 Å². The van der Waals surface area contributed by atoms with Crippen molar-refractivity contribution >= 4 is 5.91 Å². The highest BCUT2D eigenvalue weighted by Gasteiger charge is 2.07. The molecule has 0 saturated carbocycles. The molecule has 0 saturated heterocycles. The van der Waals surface area contributed by atoms with Crippen LogP contribution in [0.5, 0.6) is 11.5 Å². The van der Waals surface area contributed by atoms with Crippen LogP contribution in [0.1, 0.15) is 5.56 Å². The van der Waals surface area contributed by atoms with E-state index >= 15 is 0 Å². The van der Waals surface area contributed by atoms with Crippen LogP contribution in [0.4, 0.5) is 0 Å². The van der Waals surface area contributed by atoms with Crippen molar-refractivity contribution in [1.82, 2.24) is 14.9 Å². The first-order valence-corrected chi connectivity index (χ1v) is 9.22. The van der Waals surface area contributed by atoms with Crippen LogP contribution in [0, 0.1) is 6.92 Å². The van der Waals surface area contributed by atoms with E-state index in [1.54, 1.807) is 19.2 Å². The molecule has 3 aromatic rings. The van der Waals surface area contributed by atoms with Gasteiger partial charge in [-0.25, -0.2) is 4.98 Å². The lowest BCUT2D eigenvalue weighted by atomic mass is 10.1. The third-order valence-corrected chi connectivity index (χ3v) is 4.29. The molecule has 1 amide bonds. The Morgan fingerprint density at radius 1 is 1.07 bits per heavy atom. The summed E-state index contributed by atoms with van der Waals surface area (Å²) in [5.41, 5.74) is 2.20. The van der Waals surface area contributed by atoms with Crippen molar-refractivity contribution in [2.45, 2.75) is 13.5 Å². The molecule has 7 nitrogen and oxygen atoms in total. The first-order chi connectivity index (χ1) is 14.0. The van der Waals surface area contributed by atoms with Crippen molar-refractivity contribution in [2.24, 2.45) is 0 Å². The molecule has 1 heterocycles. The number of ether oxygens (including phenoxy) is 2. The van der Waals surface area contributed by atoms with Gasteiger partial charge in [0.1, 0.15) is 24.7 Å². The third kappa shape index (κ3) is 5.68. The summed E-state index contributed by atoms with van der Waals surface area (Å²) in [6.07, 6.45) is 1.38. The molecule has 29 heavy (non-hydrogen) atoms. The van der Waals surface area contributed by atoms with Crippen molar-refractivity contribution in [3.8, 4) is 22.8 Å². The van der Waals surface area contributed by atoms with Gasteiger partial charge in [0.05, 0.1) is 25.7 Å². The van der Waals surface area contributed by atoms with Gasteiger partial charge in [0, 0.05) is 11.6 Å². The summed E-state index contributed by atoms with van der Waals surface area (Å²) in [6.45, 7) is 2.60. The normalized spacial score (nSPS) is 10.4. The average molecular weight is 393 g/mol. The van der Waals surface area contributed by atoms with Crippen LogP contribution < -0.4 is 20.3 Å². The van der Waals surface area contributed by atoms with Crippen LogP contribution in [-0.2, 0) is 11.3 Å². The van der Waals surface area contributed by atoms with Crippen molar-refractivity contribution < 1.29 is 14.3 Å². The Bertz CT molecular complexity index is 1010. The lowest BCUT2D eigenvalue weighted by molar-refractivity contribution is -0.121. The molecule has 0 aliphatic rings. The number of rotatable bonds is 8. The number of carbonyl (C=O) groups is 1. The number of amides is 1. The van der Waals surface area contributed by atoms with E-state index in [-0.39, 0.29) is 18.0 Å². The van der Waals surface area contributed by atoms with Gasteiger partial charge in [-0.05, 0) is 43.3 Å². The fourth-order valence-electron chi connectivity index (χ4n) is 2.67. The fraction of sp³-hybridized carbons (Fsp3) is 0.227. The lowest BCUT2D eigenvalue weighted by Crippen LogP contribution is -2.34. The number of carbonyl (C=O) groups excluding carboxylic acids is 1. The number of methoxy groups -OCH3 is 1. The highest BCUT2D eigenvalue weighted by atomic mass is 16.5. The SMILES string of the molecule is COc1ccc(-c2cc(=O)n(CC(=O)NCCOc3ccc(C)cc3)cn2)cc1. The number of aryl methyl sites for hydroxylation is 1. The second-order valence-corrected chi connectivity index (χ2v) is 6.48. The van der Waals surface area contributed by atoms with Crippen LogP contribution in [-0.4, -0.2) is 35.7 Å². The molecule has 1 N–H and O–H groups in total. The van der Waals surface area contributed by atoms with Gasteiger partial charge in [0.15, 0.2) is 0 Å². The highest BCUT2D eigenvalue weighted by molar-refractivity contribution is 5.75. The molecule has 1 aromatic heterocycles. The first kappa shape index (κ1) is 20.1. The molecule has 7 heteroatoms. The van der Waals surface area contributed by atoms with Crippen LogP contribution in [0.2, 0.25) is 0 Å². The Balaban J connectivity index is 1.50. The predicted molar refractivity (Wildman–Crippen MR) is 110 cm³/mol. The number of nitrogens with one attached hydrogen (secondary N) is 1. The zero-order valence-electron chi connectivity index (χ0n) is 16.4. The molecule has 0 aliphatic carbocycles. The predicted octanol–water partition coefficient (Wildman–Crippen LogP) is 2.42. The van der Waals surface area contributed by atoms with Gasteiger partial charge < -0.3 is 14.8 Å². The fourth-order valence-corrected chi connectivity index (χ4v) is 2.67. The molecule has 0 aliphatic heterocycles. The number of hydrogen-bond donors (Lipinski definition) is 1. The van der Waals surface area contributed by atoms with E-state index in [2.05, 4.69) is 10.3 Å². The Labute approximate surface area is 168 Å². The highest BCUT2D eigenvalue weighted by Crippen LogP contribution is 2.19. The Kier molecular flexibility index (Phi) is 6.63. The van der Waals surface area contributed by atoms with Crippen LogP contribution in [0.3, 0.4) is 0 Å². The van der Waals surface area contributed by atoms with Gasteiger partial charge in [0.25, 0.3) is 5.56 Å². The molecule has 0 fully saturated rings. The van der Waals surface area contributed by atoms with E-state index in [1.807, 2.05) is 43.3 Å². The third-order valence-electron chi connectivity index (χ3n) is 4.29. The van der Waals surface area contributed by atoms with E-state index in [1.165, 1.54) is 17.0 Å². The molecular weight excluding hydrogens is 370 g/mol. The monoisotopic (exact) mass is 393 g/mol. The molecule has 0 unspecified atom stereocenters. The molecule has 0 bridgehead atoms. The van der Waals surface area contributed by atoms with E-state index in [9.17, 15) is 9.59 Å². The summed E-state index contributed by atoms with van der Waals surface area (Å²) >= 11 is 0. The minimum Gasteiger partial charge on any atom is -0.497 e.